The van der Waals surface area contributed by atoms with Gasteiger partial charge in [-0.25, -0.2) is 0 Å². The maximum Gasteiger partial charge on any atom is 0.169 e. The average molecular weight is 425 g/mol. The third kappa shape index (κ3) is 6.37. The minimum absolute atomic E-state index is 0.566. The lowest BCUT2D eigenvalue weighted by atomic mass is 10.00. The summed E-state index contributed by atoms with van der Waals surface area (Å²) in [6, 6.07) is 15.9. The van der Waals surface area contributed by atoms with Crippen LogP contribution in [0.2, 0.25) is 0 Å². The van der Waals surface area contributed by atoms with Crippen LogP contribution in [0.4, 0.5) is 0 Å². The normalized spacial score (nSPS) is 22.8. The van der Waals surface area contributed by atoms with Gasteiger partial charge in [-0.3, -0.25) is 0 Å². The summed E-state index contributed by atoms with van der Waals surface area (Å²) in [7, 11) is 4.37. The lowest BCUT2D eigenvalue weighted by molar-refractivity contribution is 0.146. The summed E-state index contributed by atoms with van der Waals surface area (Å²) in [5.74, 6) is 4.19. The van der Waals surface area contributed by atoms with E-state index in [1.54, 1.807) is 0 Å². The molecule has 0 aromatic heterocycles. The molecule has 0 amide bonds. The Kier molecular flexibility index (Phi) is 7.71. The Morgan fingerprint density at radius 3 is 1.52 bits per heavy atom. The van der Waals surface area contributed by atoms with Gasteiger partial charge in [0.25, 0.3) is 0 Å². The van der Waals surface area contributed by atoms with Gasteiger partial charge >= 0.3 is 0 Å². The highest BCUT2D eigenvalue weighted by atomic mass is 16.5. The van der Waals surface area contributed by atoms with Gasteiger partial charge in [-0.1, -0.05) is 24.3 Å². The molecular formula is C26H36N2O3. The molecule has 0 N–H and O–H groups in total. The zero-order valence-corrected chi connectivity index (χ0v) is 19.0. The minimum Gasteiger partial charge on any atom is -0.489 e. The zero-order chi connectivity index (χ0) is 21.5. The molecule has 2 aromatic carbocycles. The fourth-order valence-corrected chi connectivity index (χ4v) is 4.66. The van der Waals surface area contributed by atoms with Gasteiger partial charge in [-0.15, -0.1) is 0 Å². The Bertz CT molecular complexity index is 760. The quantitative estimate of drug-likeness (QED) is 0.601. The minimum atomic E-state index is 0.566. The average Bonchev–Trinajstić information content (AvgIpc) is 2.78. The molecule has 2 heterocycles. The number of benzene rings is 2. The van der Waals surface area contributed by atoms with Crippen molar-refractivity contribution in [1.82, 2.24) is 9.80 Å². The van der Waals surface area contributed by atoms with E-state index >= 15 is 0 Å². The predicted molar refractivity (Wildman–Crippen MR) is 124 cm³/mol. The highest BCUT2D eigenvalue weighted by Gasteiger charge is 2.20. The van der Waals surface area contributed by atoms with E-state index in [9.17, 15) is 0 Å². The molecule has 0 spiro atoms. The van der Waals surface area contributed by atoms with Gasteiger partial charge in [0.05, 0.1) is 13.2 Å². The van der Waals surface area contributed by atoms with Gasteiger partial charge in [-0.05, 0) is 77.1 Å². The van der Waals surface area contributed by atoms with Crippen molar-refractivity contribution in [3.8, 4) is 23.0 Å². The van der Waals surface area contributed by atoms with E-state index in [1.165, 1.54) is 38.8 Å². The standard InChI is InChI=1S/C26H36N2O3/c1-27-15-7-9-21(17-27)19-29-23-11-3-5-13-25(23)31-26-14-6-4-12-24(26)30-20-22-10-8-16-28(2)18-22/h3-6,11-14,21-22H,7-10,15-20H2,1-2H3. The number of hydrogen-bond donors (Lipinski definition) is 0. The van der Waals surface area contributed by atoms with E-state index in [0.29, 0.717) is 11.8 Å². The number of hydrogen-bond acceptors (Lipinski definition) is 5. The van der Waals surface area contributed by atoms with Crippen LogP contribution in [0.15, 0.2) is 48.5 Å². The summed E-state index contributed by atoms with van der Waals surface area (Å²) in [5.41, 5.74) is 0. The Hall–Kier alpha value is -2.24. The number of rotatable bonds is 8. The van der Waals surface area contributed by atoms with Crippen LogP contribution in [0.25, 0.3) is 0 Å². The van der Waals surface area contributed by atoms with Crippen LogP contribution < -0.4 is 14.2 Å². The molecule has 2 unspecified atom stereocenters. The molecule has 168 valence electrons. The highest BCUT2D eigenvalue weighted by molar-refractivity contribution is 5.47. The molecule has 2 saturated heterocycles. The lowest BCUT2D eigenvalue weighted by Crippen LogP contribution is -2.34. The van der Waals surface area contributed by atoms with E-state index in [4.69, 9.17) is 14.2 Å². The molecule has 2 fully saturated rings. The van der Waals surface area contributed by atoms with Gasteiger partial charge in [0.15, 0.2) is 23.0 Å². The van der Waals surface area contributed by atoms with Gasteiger partial charge in [-0.2, -0.15) is 0 Å². The molecule has 2 atom stereocenters. The van der Waals surface area contributed by atoms with Gasteiger partial charge in [0.1, 0.15) is 0 Å². The van der Waals surface area contributed by atoms with Crippen LogP contribution in [0, 0.1) is 11.8 Å². The topological polar surface area (TPSA) is 34.2 Å². The van der Waals surface area contributed by atoms with Crippen molar-refractivity contribution in [2.45, 2.75) is 25.7 Å². The van der Waals surface area contributed by atoms with Crippen molar-refractivity contribution in [1.29, 1.82) is 0 Å². The number of piperidine rings is 2. The molecule has 2 aliphatic heterocycles. The second-order valence-corrected chi connectivity index (χ2v) is 9.16. The van der Waals surface area contributed by atoms with Crippen molar-refractivity contribution in [2.75, 3.05) is 53.5 Å². The molecule has 5 heteroatoms. The summed E-state index contributed by atoms with van der Waals surface area (Å²) in [6.07, 6.45) is 4.93. The first kappa shape index (κ1) is 22.0. The number of nitrogens with zero attached hydrogens (tertiary/aromatic N) is 2. The van der Waals surface area contributed by atoms with E-state index in [-0.39, 0.29) is 0 Å². The van der Waals surface area contributed by atoms with Crippen molar-refractivity contribution < 1.29 is 14.2 Å². The summed E-state index contributed by atoms with van der Waals surface area (Å²) in [5, 5.41) is 0. The van der Waals surface area contributed by atoms with Crippen molar-refractivity contribution in [2.24, 2.45) is 11.8 Å². The summed E-state index contributed by atoms with van der Waals surface area (Å²) >= 11 is 0. The summed E-state index contributed by atoms with van der Waals surface area (Å²) < 4.78 is 18.7. The van der Waals surface area contributed by atoms with E-state index in [2.05, 4.69) is 23.9 Å². The Labute approximate surface area is 186 Å². The SMILES string of the molecule is CN1CCCC(COc2ccccc2Oc2ccccc2OCC2CCCN(C)C2)C1. The third-order valence-electron chi connectivity index (χ3n) is 6.31. The highest BCUT2D eigenvalue weighted by Crippen LogP contribution is 2.37. The van der Waals surface area contributed by atoms with Crippen LogP contribution in [0.1, 0.15) is 25.7 Å². The van der Waals surface area contributed by atoms with E-state index < -0.39 is 0 Å². The molecule has 5 nitrogen and oxygen atoms in total. The maximum atomic E-state index is 6.29. The first-order valence-corrected chi connectivity index (χ1v) is 11.7. The van der Waals surface area contributed by atoms with Gasteiger partial charge in [0.2, 0.25) is 0 Å². The van der Waals surface area contributed by atoms with Crippen molar-refractivity contribution in [3.63, 3.8) is 0 Å². The summed E-state index contributed by atoms with van der Waals surface area (Å²) in [4.78, 5) is 4.77. The Morgan fingerprint density at radius 2 is 1.10 bits per heavy atom. The van der Waals surface area contributed by atoms with Crippen LogP contribution in [0.5, 0.6) is 23.0 Å². The lowest BCUT2D eigenvalue weighted by Gasteiger charge is -2.30. The monoisotopic (exact) mass is 424 g/mol. The molecular weight excluding hydrogens is 388 g/mol. The number of para-hydroxylation sites is 4. The number of likely N-dealkylation sites (tertiary alicyclic amines) is 2. The van der Waals surface area contributed by atoms with Gasteiger partial charge < -0.3 is 24.0 Å². The molecule has 0 aliphatic carbocycles. The summed E-state index contributed by atoms with van der Waals surface area (Å²) in [6.45, 7) is 6.00. The van der Waals surface area contributed by atoms with E-state index in [0.717, 1.165) is 49.3 Å². The van der Waals surface area contributed by atoms with Crippen LogP contribution >= 0.6 is 0 Å². The predicted octanol–water partition coefficient (Wildman–Crippen LogP) is 4.92. The van der Waals surface area contributed by atoms with Crippen LogP contribution in [-0.2, 0) is 0 Å². The first-order valence-electron chi connectivity index (χ1n) is 11.7. The maximum absolute atomic E-state index is 6.29. The second-order valence-electron chi connectivity index (χ2n) is 9.16. The Morgan fingerprint density at radius 1 is 0.677 bits per heavy atom. The molecule has 0 saturated carbocycles. The second kappa shape index (κ2) is 10.9. The van der Waals surface area contributed by atoms with Crippen LogP contribution in [0.3, 0.4) is 0 Å². The fourth-order valence-electron chi connectivity index (χ4n) is 4.66. The fraction of sp³-hybridized carbons (Fsp3) is 0.538. The van der Waals surface area contributed by atoms with Crippen LogP contribution in [-0.4, -0.2) is 63.3 Å². The third-order valence-corrected chi connectivity index (χ3v) is 6.31. The van der Waals surface area contributed by atoms with Gasteiger partial charge in [0, 0.05) is 24.9 Å². The van der Waals surface area contributed by atoms with Crippen molar-refractivity contribution >= 4 is 0 Å². The molecule has 0 bridgehead atoms. The molecule has 2 aliphatic rings. The Balaban J connectivity index is 1.39. The molecule has 31 heavy (non-hydrogen) atoms. The largest absolute Gasteiger partial charge is 0.489 e. The first-order chi connectivity index (χ1) is 15.2. The van der Waals surface area contributed by atoms with Crippen molar-refractivity contribution in [3.05, 3.63) is 48.5 Å². The smallest absolute Gasteiger partial charge is 0.169 e. The zero-order valence-electron chi connectivity index (χ0n) is 19.0. The van der Waals surface area contributed by atoms with E-state index in [1.807, 2.05) is 48.5 Å². The molecule has 4 rings (SSSR count). The molecule has 0 radical (unpaired) electrons. The molecule has 2 aromatic rings. The number of ether oxygens (including phenoxy) is 3.